The van der Waals surface area contributed by atoms with Gasteiger partial charge in [-0.05, 0) is 25.2 Å². The minimum Gasteiger partial charge on any atom is -0.0885 e. The van der Waals surface area contributed by atoms with Crippen LogP contribution < -0.4 is 5.19 Å². The van der Waals surface area contributed by atoms with Crippen LogP contribution in [0.1, 0.15) is 25.7 Å². The predicted octanol–water partition coefficient (Wildman–Crippen LogP) is 4.35. The molecule has 0 nitrogen and oxygen atoms in total. The Labute approximate surface area is 107 Å². The van der Waals surface area contributed by atoms with E-state index in [2.05, 4.69) is 55.6 Å². The van der Waals surface area contributed by atoms with Crippen LogP contribution >= 0.6 is 0 Å². The second-order valence-corrected chi connectivity index (χ2v) is 10.8. The van der Waals surface area contributed by atoms with Gasteiger partial charge in [0.15, 0.2) is 0 Å². The van der Waals surface area contributed by atoms with Crippen LogP contribution in [0.2, 0.25) is 19.1 Å². The third-order valence-corrected chi connectivity index (χ3v) is 7.55. The lowest BCUT2D eigenvalue weighted by Gasteiger charge is -2.26. The fraction of sp³-hybridized carbons (Fsp3) is 0.500. The van der Waals surface area contributed by atoms with Crippen LogP contribution in [0.3, 0.4) is 0 Å². The second kappa shape index (κ2) is 5.68. The molecule has 0 saturated carbocycles. The maximum Gasteiger partial charge on any atom is 0.0806 e. The van der Waals surface area contributed by atoms with Gasteiger partial charge in [0.2, 0.25) is 0 Å². The van der Waals surface area contributed by atoms with Gasteiger partial charge < -0.3 is 0 Å². The molecule has 0 radical (unpaired) electrons. The highest BCUT2D eigenvalue weighted by Gasteiger charge is 2.24. The van der Waals surface area contributed by atoms with E-state index in [0.717, 1.165) is 5.92 Å². The van der Waals surface area contributed by atoms with Gasteiger partial charge in [0.1, 0.15) is 0 Å². The number of hydrogen-bond acceptors (Lipinski definition) is 0. The van der Waals surface area contributed by atoms with Crippen molar-refractivity contribution >= 4 is 13.3 Å². The summed E-state index contributed by atoms with van der Waals surface area (Å²) in [6, 6.07) is 12.6. The molecule has 1 aromatic rings. The van der Waals surface area contributed by atoms with Gasteiger partial charge in [0.05, 0.1) is 8.07 Å². The molecule has 92 valence electrons. The van der Waals surface area contributed by atoms with E-state index in [-0.39, 0.29) is 0 Å². The van der Waals surface area contributed by atoms with Crippen molar-refractivity contribution < 1.29 is 0 Å². The largest absolute Gasteiger partial charge is 0.0885 e. The van der Waals surface area contributed by atoms with Gasteiger partial charge >= 0.3 is 0 Å². The Morgan fingerprint density at radius 1 is 1.12 bits per heavy atom. The molecule has 0 spiro atoms. The molecule has 0 saturated heterocycles. The number of rotatable bonds is 4. The van der Waals surface area contributed by atoms with Gasteiger partial charge in [-0.2, -0.15) is 0 Å². The number of hydrogen-bond donors (Lipinski definition) is 0. The number of allylic oxidation sites excluding steroid dienone is 2. The molecule has 1 heteroatoms. The van der Waals surface area contributed by atoms with Crippen molar-refractivity contribution in [1.29, 1.82) is 0 Å². The van der Waals surface area contributed by atoms with Gasteiger partial charge in [0, 0.05) is 0 Å². The topological polar surface area (TPSA) is 0 Å². The zero-order valence-electron chi connectivity index (χ0n) is 11.2. The third kappa shape index (κ3) is 3.57. The summed E-state index contributed by atoms with van der Waals surface area (Å²) in [5, 5.41) is 1.62. The monoisotopic (exact) mass is 244 g/mol. The Bertz CT molecular complexity index is 364. The van der Waals surface area contributed by atoms with Crippen molar-refractivity contribution in [3.8, 4) is 0 Å². The van der Waals surface area contributed by atoms with Crippen LogP contribution in [-0.4, -0.2) is 8.07 Å². The average Bonchev–Trinajstić information content (AvgIpc) is 2.39. The van der Waals surface area contributed by atoms with Crippen LogP contribution in [0.25, 0.3) is 0 Å². The minimum absolute atomic E-state index is 0.954. The van der Waals surface area contributed by atoms with Crippen molar-refractivity contribution in [2.45, 2.75) is 44.8 Å². The molecule has 1 aliphatic rings. The molecule has 0 aliphatic heterocycles. The fourth-order valence-corrected chi connectivity index (χ4v) is 5.23. The molecule has 0 N–H and O–H groups in total. The Hall–Kier alpha value is -0.823. The first-order valence-electron chi connectivity index (χ1n) is 6.89. The van der Waals surface area contributed by atoms with E-state index in [9.17, 15) is 0 Å². The summed E-state index contributed by atoms with van der Waals surface area (Å²) in [6.45, 7) is 5.03. The summed E-state index contributed by atoms with van der Waals surface area (Å²) in [4.78, 5) is 0. The molecule has 0 fully saturated rings. The molecule has 2 rings (SSSR count). The molecule has 0 amide bonds. The summed E-state index contributed by atoms with van der Waals surface area (Å²) in [5.74, 6) is 0.954. The molecule has 1 aliphatic carbocycles. The van der Waals surface area contributed by atoms with Gasteiger partial charge in [-0.15, -0.1) is 0 Å². The normalized spacial score (nSPS) is 20.5. The lowest BCUT2D eigenvalue weighted by Crippen LogP contribution is -2.41. The lowest BCUT2D eigenvalue weighted by atomic mass is 9.92. The molecular formula is C16H24Si. The standard InChI is InChI=1S/C16H24Si/c1-17(2,16-11-7-4-8-12-16)14-13-15-9-5-3-6-10-15/h3-5,7-8,11-12,15H,6,9-10,13-14H2,1-2H3. The maximum atomic E-state index is 2.51. The Kier molecular flexibility index (Phi) is 4.22. The molecule has 17 heavy (non-hydrogen) atoms. The van der Waals surface area contributed by atoms with Crippen LogP contribution in [0.15, 0.2) is 42.5 Å². The summed E-state index contributed by atoms with van der Waals surface area (Å²) in [7, 11) is -1.19. The molecular weight excluding hydrogens is 220 g/mol. The van der Waals surface area contributed by atoms with Crippen molar-refractivity contribution in [3.05, 3.63) is 42.5 Å². The summed E-state index contributed by atoms with van der Waals surface area (Å²) in [5.41, 5.74) is 0. The first-order chi connectivity index (χ1) is 8.18. The summed E-state index contributed by atoms with van der Waals surface area (Å²) < 4.78 is 0. The molecule has 0 heterocycles. The first-order valence-corrected chi connectivity index (χ1v) is 10.1. The second-order valence-electron chi connectivity index (χ2n) is 5.94. The Morgan fingerprint density at radius 3 is 2.53 bits per heavy atom. The molecule has 1 unspecified atom stereocenters. The Morgan fingerprint density at radius 2 is 1.88 bits per heavy atom. The highest BCUT2D eigenvalue weighted by molar-refractivity contribution is 6.89. The van der Waals surface area contributed by atoms with Crippen LogP contribution in [0.4, 0.5) is 0 Å². The fourth-order valence-electron chi connectivity index (χ4n) is 2.72. The van der Waals surface area contributed by atoms with E-state index >= 15 is 0 Å². The minimum atomic E-state index is -1.19. The van der Waals surface area contributed by atoms with E-state index in [4.69, 9.17) is 0 Å². The highest BCUT2D eigenvalue weighted by atomic mass is 28.3. The molecule has 1 atom stereocenters. The SMILES string of the molecule is C[Si](C)(CCC1CC=CCC1)c1ccccc1. The predicted molar refractivity (Wildman–Crippen MR) is 79.5 cm³/mol. The molecule has 1 aromatic carbocycles. The lowest BCUT2D eigenvalue weighted by molar-refractivity contribution is 0.463. The van der Waals surface area contributed by atoms with Gasteiger partial charge in [0.25, 0.3) is 0 Å². The van der Waals surface area contributed by atoms with E-state index in [0.29, 0.717) is 0 Å². The van der Waals surface area contributed by atoms with Crippen molar-refractivity contribution in [2.75, 3.05) is 0 Å². The van der Waals surface area contributed by atoms with Crippen LogP contribution in [-0.2, 0) is 0 Å². The van der Waals surface area contributed by atoms with Crippen molar-refractivity contribution in [2.24, 2.45) is 5.92 Å². The van der Waals surface area contributed by atoms with Crippen LogP contribution in [0, 0.1) is 5.92 Å². The van der Waals surface area contributed by atoms with Crippen molar-refractivity contribution in [1.82, 2.24) is 0 Å². The smallest absolute Gasteiger partial charge is 0.0806 e. The van der Waals surface area contributed by atoms with Gasteiger partial charge in [-0.3, -0.25) is 0 Å². The third-order valence-electron chi connectivity index (χ3n) is 4.11. The zero-order chi connectivity index (χ0) is 12.1. The quantitative estimate of drug-likeness (QED) is 0.546. The van der Waals surface area contributed by atoms with Crippen LogP contribution in [0.5, 0.6) is 0 Å². The van der Waals surface area contributed by atoms with E-state index in [1.165, 1.54) is 31.7 Å². The molecule has 0 aromatic heterocycles. The average molecular weight is 244 g/mol. The summed E-state index contributed by atoms with van der Waals surface area (Å²) >= 11 is 0. The van der Waals surface area contributed by atoms with E-state index in [1.807, 2.05) is 0 Å². The van der Waals surface area contributed by atoms with E-state index < -0.39 is 8.07 Å². The summed E-state index contributed by atoms with van der Waals surface area (Å²) in [6.07, 6.45) is 10.2. The Balaban J connectivity index is 1.91. The highest BCUT2D eigenvalue weighted by Crippen LogP contribution is 2.26. The van der Waals surface area contributed by atoms with E-state index in [1.54, 1.807) is 5.19 Å². The maximum absolute atomic E-state index is 2.51. The van der Waals surface area contributed by atoms with Crippen molar-refractivity contribution in [3.63, 3.8) is 0 Å². The molecule has 0 bridgehead atoms. The van der Waals surface area contributed by atoms with Gasteiger partial charge in [-0.1, -0.05) is 73.2 Å². The number of benzene rings is 1. The zero-order valence-corrected chi connectivity index (χ0v) is 12.2. The van der Waals surface area contributed by atoms with Gasteiger partial charge in [-0.25, -0.2) is 0 Å². The first kappa shape index (κ1) is 12.6.